The van der Waals surface area contributed by atoms with E-state index in [9.17, 15) is 0 Å². The summed E-state index contributed by atoms with van der Waals surface area (Å²) in [7, 11) is 1.72. The molecule has 3 nitrogen and oxygen atoms in total. The van der Waals surface area contributed by atoms with Gasteiger partial charge in [0.05, 0.1) is 7.11 Å². The van der Waals surface area contributed by atoms with Gasteiger partial charge >= 0.3 is 0 Å². The molecule has 1 aromatic rings. The summed E-state index contributed by atoms with van der Waals surface area (Å²) in [5.74, 6) is 2.79. The molecule has 0 aliphatic carbocycles. The van der Waals surface area contributed by atoms with E-state index in [1.54, 1.807) is 7.11 Å². The van der Waals surface area contributed by atoms with Crippen LogP contribution in [0.5, 0.6) is 5.75 Å². The molecule has 2 rings (SSSR count). The van der Waals surface area contributed by atoms with Crippen molar-refractivity contribution in [3.8, 4) is 5.75 Å². The first-order valence-corrected chi connectivity index (χ1v) is 8.25. The van der Waals surface area contributed by atoms with Crippen molar-refractivity contribution in [2.75, 3.05) is 19.4 Å². The third kappa shape index (κ3) is 4.17. The van der Waals surface area contributed by atoms with Crippen LogP contribution in [0.25, 0.3) is 0 Å². The van der Waals surface area contributed by atoms with Crippen LogP contribution in [-0.2, 0) is 6.42 Å². The Morgan fingerprint density at radius 3 is 2.95 bits per heavy atom. The van der Waals surface area contributed by atoms with Gasteiger partial charge in [0.15, 0.2) is 5.17 Å². The highest BCUT2D eigenvalue weighted by Gasteiger charge is 2.19. The van der Waals surface area contributed by atoms with Gasteiger partial charge < -0.3 is 10.1 Å². The SMILES string of the molecule is COc1ccccc1CCN=C1NC(C(C)C)CCS1. The zero-order valence-electron chi connectivity index (χ0n) is 12.6. The molecule has 4 heteroatoms. The molecule has 1 fully saturated rings. The lowest BCUT2D eigenvalue weighted by atomic mass is 10.0. The average molecular weight is 292 g/mol. The number of para-hydroxylation sites is 1. The largest absolute Gasteiger partial charge is 0.496 e. The molecule has 1 aliphatic rings. The van der Waals surface area contributed by atoms with Crippen molar-refractivity contribution in [2.24, 2.45) is 10.9 Å². The lowest BCUT2D eigenvalue weighted by Crippen LogP contribution is -2.41. The molecule has 0 radical (unpaired) electrons. The first-order valence-electron chi connectivity index (χ1n) is 7.26. The Hall–Kier alpha value is -1.16. The van der Waals surface area contributed by atoms with Crippen molar-refractivity contribution in [3.63, 3.8) is 0 Å². The number of benzene rings is 1. The summed E-state index contributed by atoms with van der Waals surface area (Å²) in [4.78, 5) is 4.70. The summed E-state index contributed by atoms with van der Waals surface area (Å²) >= 11 is 1.84. The van der Waals surface area contributed by atoms with Crippen molar-refractivity contribution in [2.45, 2.75) is 32.7 Å². The normalized spacial score (nSPS) is 21.0. The van der Waals surface area contributed by atoms with Gasteiger partial charge in [-0.3, -0.25) is 4.99 Å². The predicted octanol–water partition coefficient (Wildman–Crippen LogP) is 3.34. The second-order valence-electron chi connectivity index (χ2n) is 5.38. The van der Waals surface area contributed by atoms with Gasteiger partial charge in [-0.1, -0.05) is 43.8 Å². The highest BCUT2D eigenvalue weighted by molar-refractivity contribution is 8.13. The number of methoxy groups -OCH3 is 1. The van der Waals surface area contributed by atoms with Crippen LogP contribution in [0.3, 0.4) is 0 Å². The number of hydrogen-bond acceptors (Lipinski definition) is 3. The molecular formula is C16H24N2OS. The van der Waals surface area contributed by atoms with Gasteiger partial charge in [-0.15, -0.1) is 0 Å². The maximum atomic E-state index is 5.37. The molecule has 0 aromatic heterocycles. The van der Waals surface area contributed by atoms with E-state index in [0.717, 1.165) is 23.9 Å². The lowest BCUT2D eigenvalue weighted by Gasteiger charge is -2.28. The number of aliphatic imine (C=N–C) groups is 1. The summed E-state index contributed by atoms with van der Waals surface area (Å²) in [5.41, 5.74) is 1.22. The van der Waals surface area contributed by atoms with Gasteiger partial charge in [0.25, 0.3) is 0 Å². The summed E-state index contributed by atoms with van der Waals surface area (Å²) in [6, 6.07) is 8.73. The molecule has 110 valence electrons. The summed E-state index contributed by atoms with van der Waals surface area (Å²) in [6.07, 6.45) is 2.15. The Labute approximate surface area is 126 Å². The Balaban J connectivity index is 1.89. The van der Waals surface area contributed by atoms with E-state index in [4.69, 9.17) is 9.73 Å². The summed E-state index contributed by atoms with van der Waals surface area (Å²) in [5, 5.41) is 4.65. The molecule has 0 saturated carbocycles. The zero-order chi connectivity index (χ0) is 14.4. The Kier molecular flexibility index (Phi) is 5.77. The molecule has 1 unspecified atom stereocenters. The van der Waals surface area contributed by atoms with E-state index in [1.165, 1.54) is 17.7 Å². The fourth-order valence-electron chi connectivity index (χ4n) is 2.33. The van der Waals surface area contributed by atoms with E-state index >= 15 is 0 Å². The first kappa shape index (κ1) is 15.2. The van der Waals surface area contributed by atoms with E-state index in [2.05, 4.69) is 25.2 Å². The highest BCUT2D eigenvalue weighted by atomic mass is 32.2. The third-order valence-electron chi connectivity index (χ3n) is 3.61. The number of nitrogens with zero attached hydrogens (tertiary/aromatic N) is 1. The van der Waals surface area contributed by atoms with Crippen LogP contribution in [-0.4, -0.2) is 30.6 Å². The Morgan fingerprint density at radius 2 is 2.20 bits per heavy atom. The minimum atomic E-state index is 0.571. The monoisotopic (exact) mass is 292 g/mol. The van der Waals surface area contributed by atoms with Crippen LogP contribution in [0.15, 0.2) is 29.3 Å². The van der Waals surface area contributed by atoms with Crippen LogP contribution in [0.2, 0.25) is 0 Å². The van der Waals surface area contributed by atoms with E-state index in [0.29, 0.717) is 12.0 Å². The first-order chi connectivity index (χ1) is 9.70. The van der Waals surface area contributed by atoms with Crippen LogP contribution in [0.1, 0.15) is 25.8 Å². The second-order valence-corrected chi connectivity index (χ2v) is 6.46. The van der Waals surface area contributed by atoms with Gasteiger partial charge in [0, 0.05) is 18.3 Å². The van der Waals surface area contributed by atoms with Crippen molar-refractivity contribution < 1.29 is 4.74 Å². The minimum absolute atomic E-state index is 0.571. The van der Waals surface area contributed by atoms with Crippen molar-refractivity contribution in [1.82, 2.24) is 5.32 Å². The molecule has 20 heavy (non-hydrogen) atoms. The van der Waals surface area contributed by atoms with Crippen LogP contribution < -0.4 is 10.1 Å². The van der Waals surface area contributed by atoms with Crippen molar-refractivity contribution in [3.05, 3.63) is 29.8 Å². The van der Waals surface area contributed by atoms with Crippen LogP contribution in [0, 0.1) is 5.92 Å². The lowest BCUT2D eigenvalue weighted by molar-refractivity contribution is 0.409. The van der Waals surface area contributed by atoms with Gasteiger partial charge in [-0.25, -0.2) is 0 Å². The maximum absolute atomic E-state index is 5.37. The molecule has 0 bridgehead atoms. The van der Waals surface area contributed by atoms with E-state index in [-0.39, 0.29) is 0 Å². The minimum Gasteiger partial charge on any atom is -0.496 e. The van der Waals surface area contributed by atoms with E-state index < -0.39 is 0 Å². The molecule has 1 aromatic carbocycles. The smallest absolute Gasteiger partial charge is 0.156 e. The third-order valence-corrected chi connectivity index (χ3v) is 4.57. The van der Waals surface area contributed by atoms with Gasteiger partial charge in [-0.05, 0) is 30.4 Å². The number of thioether (sulfide) groups is 1. The van der Waals surface area contributed by atoms with E-state index in [1.807, 2.05) is 30.0 Å². The fraction of sp³-hybridized carbons (Fsp3) is 0.562. The zero-order valence-corrected chi connectivity index (χ0v) is 13.4. The van der Waals surface area contributed by atoms with Gasteiger partial charge in [-0.2, -0.15) is 0 Å². The second kappa shape index (κ2) is 7.58. The molecule has 1 atom stereocenters. The standard InChI is InChI=1S/C16H24N2OS/c1-12(2)14-9-11-20-16(18-14)17-10-8-13-6-4-5-7-15(13)19-3/h4-7,12,14H,8-11H2,1-3H3,(H,17,18). The Bertz CT molecular complexity index is 460. The topological polar surface area (TPSA) is 33.6 Å². The predicted molar refractivity (Wildman–Crippen MR) is 87.8 cm³/mol. The van der Waals surface area contributed by atoms with Gasteiger partial charge in [0.1, 0.15) is 5.75 Å². The summed E-state index contributed by atoms with van der Waals surface area (Å²) < 4.78 is 5.37. The number of hydrogen-bond donors (Lipinski definition) is 1. The Morgan fingerprint density at radius 1 is 1.40 bits per heavy atom. The van der Waals surface area contributed by atoms with Crippen molar-refractivity contribution >= 4 is 16.9 Å². The highest BCUT2D eigenvalue weighted by Crippen LogP contribution is 2.20. The number of nitrogens with one attached hydrogen (secondary N) is 1. The number of ether oxygens (including phenoxy) is 1. The number of amidine groups is 1. The molecule has 0 spiro atoms. The quantitative estimate of drug-likeness (QED) is 0.903. The van der Waals surface area contributed by atoms with Crippen molar-refractivity contribution in [1.29, 1.82) is 0 Å². The molecule has 0 amide bonds. The molecule has 1 heterocycles. The van der Waals surface area contributed by atoms with Crippen LogP contribution >= 0.6 is 11.8 Å². The molecule has 1 N–H and O–H groups in total. The molecule has 1 saturated heterocycles. The average Bonchev–Trinajstić information content (AvgIpc) is 2.48. The fourth-order valence-corrected chi connectivity index (χ4v) is 3.32. The molecule has 1 aliphatic heterocycles. The van der Waals surface area contributed by atoms with Crippen LogP contribution in [0.4, 0.5) is 0 Å². The van der Waals surface area contributed by atoms with Gasteiger partial charge in [0.2, 0.25) is 0 Å². The molecular weight excluding hydrogens is 268 g/mol. The summed E-state index contributed by atoms with van der Waals surface area (Å²) in [6.45, 7) is 5.33. The number of rotatable bonds is 5. The maximum Gasteiger partial charge on any atom is 0.156 e.